The highest BCUT2D eigenvalue weighted by molar-refractivity contribution is 9.10. The fraction of sp³-hybridized carbons (Fsp3) is 0.167. The summed E-state index contributed by atoms with van der Waals surface area (Å²) in [5.74, 6) is 0.320. The van der Waals surface area contributed by atoms with E-state index < -0.39 is 0 Å². The maximum atomic E-state index is 12.1. The molecule has 0 atom stereocenters. The first kappa shape index (κ1) is 13.4. The van der Waals surface area contributed by atoms with Gasteiger partial charge < -0.3 is 10.6 Å². The van der Waals surface area contributed by atoms with Crippen LogP contribution in [0.15, 0.2) is 35.3 Å². The molecule has 0 saturated heterocycles. The number of halogens is 1. The lowest BCUT2D eigenvalue weighted by atomic mass is 10.2. The lowest BCUT2D eigenvalue weighted by Crippen LogP contribution is -2.24. The van der Waals surface area contributed by atoms with Crippen molar-refractivity contribution in [2.24, 2.45) is 0 Å². The average Bonchev–Trinajstić information content (AvgIpc) is 2.46. The molecule has 0 aromatic carbocycles. The van der Waals surface area contributed by atoms with Gasteiger partial charge in [-0.05, 0) is 28.1 Å². The maximum Gasteiger partial charge on any atom is 0.255 e. The van der Waals surface area contributed by atoms with Crippen LogP contribution in [0, 0.1) is 0 Å². The summed E-state index contributed by atoms with van der Waals surface area (Å²) in [6.45, 7) is 0.344. The van der Waals surface area contributed by atoms with Gasteiger partial charge in [0.05, 0.1) is 17.8 Å². The van der Waals surface area contributed by atoms with Crippen molar-refractivity contribution in [1.29, 1.82) is 0 Å². The summed E-state index contributed by atoms with van der Waals surface area (Å²) in [5, 5.41) is 5.67. The number of rotatable bonds is 4. The molecule has 0 bridgehead atoms. The van der Waals surface area contributed by atoms with Crippen molar-refractivity contribution in [2.75, 3.05) is 12.4 Å². The predicted molar refractivity (Wildman–Crippen MR) is 74.7 cm³/mol. The van der Waals surface area contributed by atoms with Gasteiger partial charge in [0.1, 0.15) is 12.1 Å². The molecule has 2 aromatic heterocycles. The van der Waals surface area contributed by atoms with Crippen molar-refractivity contribution in [3.05, 3.63) is 46.6 Å². The second-order valence-corrected chi connectivity index (χ2v) is 4.60. The Kier molecular flexibility index (Phi) is 4.40. The molecule has 98 valence electrons. The van der Waals surface area contributed by atoms with Gasteiger partial charge in [-0.3, -0.25) is 4.79 Å². The Bertz CT molecular complexity index is 576. The van der Waals surface area contributed by atoms with E-state index in [0.717, 1.165) is 10.2 Å². The molecule has 0 aliphatic carbocycles. The normalized spacial score (nSPS) is 10.0. The Morgan fingerprint density at radius 3 is 2.95 bits per heavy atom. The zero-order valence-corrected chi connectivity index (χ0v) is 11.8. The molecule has 0 radical (unpaired) electrons. The van der Waals surface area contributed by atoms with Crippen LogP contribution in [0.4, 0.5) is 5.82 Å². The van der Waals surface area contributed by atoms with Gasteiger partial charge in [-0.15, -0.1) is 0 Å². The summed E-state index contributed by atoms with van der Waals surface area (Å²) in [6, 6.07) is 3.46. The van der Waals surface area contributed by atoms with E-state index >= 15 is 0 Å². The lowest BCUT2D eigenvalue weighted by Gasteiger charge is -2.09. The Balaban J connectivity index is 2.10. The van der Waals surface area contributed by atoms with E-state index in [1.54, 1.807) is 31.6 Å². The Morgan fingerprint density at radius 2 is 2.26 bits per heavy atom. The molecule has 6 nitrogen and oxygen atoms in total. The first-order valence-electron chi connectivity index (χ1n) is 5.57. The Hall–Kier alpha value is -2.02. The van der Waals surface area contributed by atoms with Crippen LogP contribution in [0.25, 0.3) is 0 Å². The van der Waals surface area contributed by atoms with E-state index in [-0.39, 0.29) is 5.91 Å². The summed E-state index contributed by atoms with van der Waals surface area (Å²) in [4.78, 5) is 24.1. The minimum Gasteiger partial charge on any atom is -0.372 e. The third-order valence-corrected chi connectivity index (χ3v) is 2.84. The summed E-state index contributed by atoms with van der Waals surface area (Å²) < 4.78 is 0.749. The van der Waals surface area contributed by atoms with Crippen LogP contribution < -0.4 is 10.6 Å². The minimum absolute atomic E-state index is 0.211. The van der Waals surface area contributed by atoms with E-state index in [9.17, 15) is 4.79 Å². The van der Waals surface area contributed by atoms with Crippen molar-refractivity contribution in [3.8, 4) is 0 Å². The molecular formula is C12H12BrN5O. The van der Waals surface area contributed by atoms with Crippen molar-refractivity contribution in [1.82, 2.24) is 20.3 Å². The van der Waals surface area contributed by atoms with Crippen molar-refractivity contribution < 1.29 is 4.79 Å². The van der Waals surface area contributed by atoms with Gasteiger partial charge in [0.15, 0.2) is 0 Å². The number of hydrogen-bond donors (Lipinski definition) is 2. The number of anilines is 1. The van der Waals surface area contributed by atoms with Gasteiger partial charge in [-0.25, -0.2) is 15.0 Å². The third-order valence-electron chi connectivity index (χ3n) is 2.41. The number of pyridine rings is 1. The topological polar surface area (TPSA) is 79.8 Å². The lowest BCUT2D eigenvalue weighted by molar-refractivity contribution is 0.0951. The first-order valence-corrected chi connectivity index (χ1v) is 6.36. The van der Waals surface area contributed by atoms with E-state index in [4.69, 9.17) is 0 Å². The highest BCUT2D eigenvalue weighted by Gasteiger charge is 2.12. The van der Waals surface area contributed by atoms with Crippen LogP contribution in [0.5, 0.6) is 0 Å². The van der Waals surface area contributed by atoms with Crippen LogP contribution >= 0.6 is 15.9 Å². The second-order valence-electron chi connectivity index (χ2n) is 3.68. The molecule has 1 amide bonds. The molecule has 0 aliphatic heterocycles. The summed E-state index contributed by atoms with van der Waals surface area (Å²) in [7, 11) is 1.72. The van der Waals surface area contributed by atoms with Crippen molar-refractivity contribution in [3.63, 3.8) is 0 Å². The number of aromatic nitrogens is 3. The fourth-order valence-corrected chi connectivity index (χ4v) is 1.83. The molecule has 2 heterocycles. The summed E-state index contributed by atoms with van der Waals surface area (Å²) in [5.41, 5.74) is 1.23. The Labute approximate surface area is 118 Å². The van der Waals surface area contributed by atoms with E-state index in [0.29, 0.717) is 17.9 Å². The molecule has 0 saturated carbocycles. The number of amides is 1. The van der Waals surface area contributed by atoms with E-state index in [1.807, 2.05) is 0 Å². The number of hydrogen-bond acceptors (Lipinski definition) is 5. The molecule has 2 N–H and O–H groups in total. The smallest absolute Gasteiger partial charge is 0.255 e. The van der Waals surface area contributed by atoms with Gasteiger partial charge >= 0.3 is 0 Å². The fourth-order valence-electron chi connectivity index (χ4n) is 1.50. The van der Waals surface area contributed by atoms with Gasteiger partial charge in [0.25, 0.3) is 5.91 Å². The summed E-state index contributed by atoms with van der Waals surface area (Å²) in [6.07, 6.45) is 4.71. The number of nitrogens with zero attached hydrogens (tertiary/aromatic N) is 3. The molecular weight excluding hydrogens is 310 g/mol. The molecule has 0 fully saturated rings. The molecule has 0 aliphatic rings. The molecule has 19 heavy (non-hydrogen) atoms. The van der Waals surface area contributed by atoms with Gasteiger partial charge in [-0.2, -0.15) is 0 Å². The van der Waals surface area contributed by atoms with Crippen LogP contribution in [0.2, 0.25) is 0 Å². The van der Waals surface area contributed by atoms with Crippen molar-refractivity contribution >= 4 is 27.7 Å². The highest BCUT2D eigenvalue weighted by atomic mass is 79.9. The molecule has 7 heteroatoms. The van der Waals surface area contributed by atoms with Crippen molar-refractivity contribution in [2.45, 2.75) is 6.54 Å². The van der Waals surface area contributed by atoms with E-state index in [1.165, 1.54) is 6.33 Å². The monoisotopic (exact) mass is 321 g/mol. The second kappa shape index (κ2) is 6.24. The summed E-state index contributed by atoms with van der Waals surface area (Å²) >= 11 is 3.30. The molecule has 0 unspecified atom stereocenters. The minimum atomic E-state index is -0.211. The quantitative estimate of drug-likeness (QED) is 0.894. The maximum absolute atomic E-state index is 12.1. The Morgan fingerprint density at radius 1 is 1.42 bits per heavy atom. The van der Waals surface area contributed by atoms with Gasteiger partial charge in [0, 0.05) is 23.9 Å². The van der Waals surface area contributed by atoms with Gasteiger partial charge in [-0.1, -0.05) is 0 Å². The first-order chi connectivity index (χ1) is 9.20. The van der Waals surface area contributed by atoms with Crippen LogP contribution in [-0.4, -0.2) is 27.9 Å². The zero-order chi connectivity index (χ0) is 13.7. The number of carbonyl (C=O) groups is 1. The number of carbonyl (C=O) groups excluding carboxylic acids is 1. The van der Waals surface area contributed by atoms with E-state index in [2.05, 4.69) is 41.5 Å². The van der Waals surface area contributed by atoms with Crippen LogP contribution in [-0.2, 0) is 6.54 Å². The highest BCUT2D eigenvalue weighted by Crippen LogP contribution is 2.17. The standard InChI is InChI=1S/C12H12BrN5O/c1-14-11-10(4-8(13)5-16-11)12(19)17-6-9-2-3-15-7-18-9/h2-5,7H,6H2,1H3,(H,14,16)(H,17,19). The van der Waals surface area contributed by atoms with Gasteiger partial charge in [0.2, 0.25) is 0 Å². The number of nitrogens with one attached hydrogen (secondary N) is 2. The largest absolute Gasteiger partial charge is 0.372 e. The van der Waals surface area contributed by atoms with Crippen LogP contribution in [0.1, 0.15) is 16.1 Å². The average molecular weight is 322 g/mol. The molecule has 2 rings (SSSR count). The zero-order valence-electron chi connectivity index (χ0n) is 10.2. The SMILES string of the molecule is CNc1ncc(Br)cc1C(=O)NCc1ccncn1. The predicted octanol–water partition coefficient (Wildman–Crippen LogP) is 1.61. The molecule has 0 spiro atoms. The third kappa shape index (κ3) is 3.47. The molecule has 2 aromatic rings. The van der Waals surface area contributed by atoms with Crippen LogP contribution in [0.3, 0.4) is 0 Å².